The molecule has 2 bridgehead atoms. The summed E-state index contributed by atoms with van der Waals surface area (Å²) < 4.78 is 0. The molecule has 2 atom stereocenters. The number of benzene rings is 1. The van der Waals surface area contributed by atoms with Crippen molar-refractivity contribution in [2.24, 2.45) is 0 Å². The molecule has 0 saturated carbocycles. The van der Waals surface area contributed by atoms with E-state index >= 15 is 0 Å². The average Bonchev–Trinajstić information content (AvgIpc) is 3.00. The van der Waals surface area contributed by atoms with Crippen LogP contribution >= 0.6 is 11.6 Å². The number of halogens is 1. The highest BCUT2D eigenvalue weighted by Crippen LogP contribution is 2.37. The molecule has 5 rings (SSSR count). The van der Waals surface area contributed by atoms with Crippen molar-refractivity contribution in [3.8, 4) is 16.9 Å². The zero-order valence-electron chi connectivity index (χ0n) is 15.7. The normalized spacial score (nSPS) is 20.9. The number of anilines is 3. The first-order chi connectivity index (χ1) is 14.1. The monoisotopic (exact) mass is 408 g/mol. The molecule has 2 saturated heterocycles. The molecule has 2 aromatic heterocycles. The second-order valence-corrected chi connectivity index (χ2v) is 7.97. The Labute approximate surface area is 173 Å². The molecule has 3 aromatic rings. The van der Waals surface area contributed by atoms with E-state index in [1.807, 2.05) is 30.6 Å². The lowest BCUT2D eigenvalue weighted by molar-refractivity contribution is 0.475. The number of nitrogen functional groups attached to an aromatic ring is 1. The Balaban J connectivity index is 1.37. The molecule has 0 amide bonds. The van der Waals surface area contributed by atoms with Gasteiger partial charge >= 0.3 is 0 Å². The van der Waals surface area contributed by atoms with Crippen molar-refractivity contribution in [3.05, 3.63) is 54.1 Å². The Morgan fingerprint density at radius 2 is 1.59 bits per heavy atom. The third-order valence-electron chi connectivity index (χ3n) is 5.77. The maximum Gasteiger partial charge on any atom is 0.225 e. The molecule has 3 N–H and O–H groups in total. The van der Waals surface area contributed by atoms with Crippen molar-refractivity contribution in [2.45, 2.75) is 24.9 Å². The van der Waals surface area contributed by atoms with Gasteiger partial charge in [-0.2, -0.15) is 0 Å². The van der Waals surface area contributed by atoms with Crippen LogP contribution in [0, 0.1) is 0 Å². The Bertz CT molecular complexity index is 1010. The maximum atomic E-state index is 9.46. The predicted molar refractivity (Wildman–Crippen MR) is 114 cm³/mol. The summed E-state index contributed by atoms with van der Waals surface area (Å²) in [7, 11) is 0. The molecular formula is C21H21ClN6O. The summed E-state index contributed by atoms with van der Waals surface area (Å²) in [5.74, 6) is 1.01. The van der Waals surface area contributed by atoms with E-state index in [0.29, 0.717) is 22.9 Å². The predicted octanol–water partition coefficient (Wildman–Crippen LogP) is 3.34. The number of pyridine rings is 1. The van der Waals surface area contributed by atoms with Gasteiger partial charge in [-0.3, -0.25) is 0 Å². The zero-order chi connectivity index (χ0) is 20.0. The standard InChI is InChI=1S/C21H21ClN6O/c22-20-7-19(18(23)10-24-20)27-11-15-3-4-16(12-27)28(15)21-25-8-14(9-26-21)13-1-5-17(29)6-2-13/h1-2,5-10,15-16,29H,3-4,11-12,23H2. The first-order valence-electron chi connectivity index (χ1n) is 9.64. The first-order valence-corrected chi connectivity index (χ1v) is 10.0. The molecule has 7 nitrogen and oxygen atoms in total. The molecule has 0 radical (unpaired) electrons. The summed E-state index contributed by atoms with van der Waals surface area (Å²) in [6.07, 6.45) is 7.52. The minimum absolute atomic E-state index is 0.247. The third-order valence-corrected chi connectivity index (χ3v) is 5.98. The largest absolute Gasteiger partial charge is 0.508 e. The highest BCUT2D eigenvalue weighted by atomic mass is 35.5. The van der Waals surface area contributed by atoms with Gasteiger partial charge < -0.3 is 20.6 Å². The van der Waals surface area contributed by atoms with Crippen LogP contribution in [0.3, 0.4) is 0 Å². The minimum atomic E-state index is 0.247. The first kappa shape index (κ1) is 18.0. The fourth-order valence-corrected chi connectivity index (χ4v) is 4.54. The lowest BCUT2D eigenvalue weighted by atomic mass is 10.1. The molecule has 0 spiro atoms. The molecule has 2 fully saturated rings. The second kappa shape index (κ2) is 7.08. The van der Waals surface area contributed by atoms with Gasteiger partial charge in [0.05, 0.1) is 17.6 Å². The number of aromatic nitrogens is 3. The van der Waals surface area contributed by atoms with Crippen LogP contribution in [0.25, 0.3) is 11.1 Å². The molecule has 0 aliphatic carbocycles. The lowest BCUT2D eigenvalue weighted by Gasteiger charge is -2.42. The van der Waals surface area contributed by atoms with E-state index in [1.165, 1.54) is 0 Å². The summed E-state index contributed by atoms with van der Waals surface area (Å²) in [4.78, 5) is 18.0. The van der Waals surface area contributed by atoms with Crippen LogP contribution in [-0.4, -0.2) is 45.2 Å². The van der Waals surface area contributed by atoms with Crippen LogP contribution in [-0.2, 0) is 0 Å². The van der Waals surface area contributed by atoms with Crippen LogP contribution < -0.4 is 15.5 Å². The van der Waals surface area contributed by atoms with Gasteiger partial charge in [-0.15, -0.1) is 0 Å². The maximum absolute atomic E-state index is 9.46. The number of phenols is 1. The van der Waals surface area contributed by atoms with E-state index in [0.717, 1.165) is 48.7 Å². The SMILES string of the molecule is Nc1cnc(Cl)cc1N1CC2CCC(C1)N2c1ncc(-c2ccc(O)cc2)cn1. The second-order valence-electron chi connectivity index (χ2n) is 7.58. The Morgan fingerprint density at radius 3 is 2.24 bits per heavy atom. The Kier molecular flexibility index (Phi) is 4.39. The number of hydrogen-bond donors (Lipinski definition) is 2. The van der Waals surface area contributed by atoms with Crippen molar-refractivity contribution >= 4 is 28.9 Å². The van der Waals surface area contributed by atoms with Gasteiger partial charge in [0, 0.05) is 49.2 Å². The zero-order valence-corrected chi connectivity index (χ0v) is 16.5. The van der Waals surface area contributed by atoms with E-state index in [1.54, 1.807) is 18.3 Å². The van der Waals surface area contributed by atoms with Gasteiger partial charge in [0.1, 0.15) is 10.9 Å². The number of rotatable bonds is 3. The smallest absolute Gasteiger partial charge is 0.225 e. The summed E-state index contributed by atoms with van der Waals surface area (Å²) >= 11 is 6.09. The van der Waals surface area contributed by atoms with Crippen LogP contribution in [0.15, 0.2) is 48.9 Å². The van der Waals surface area contributed by atoms with E-state index in [-0.39, 0.29) is 5.75 Å². The molecule has 2 aliphatic heterocycles. The van der Waals surface area contributed by atoms with Gasteiger partial charge in [-0.25, -0.2) is 15.0 Å². The van der Waals surface area contributed by atoms with Crippen molar-refractivity contribution in [1.82, 2.24) is 15.0 Å². The summed E-state index contributed by atoms with van der Waals surface area (Å²) in [6.45, 7) is 1.70. The summed E-state index contributed by atoms with van der Waals surface area (Å²) in [5, 5.41) is 9.91. The van der Waals surface area contributed by atoms with E-state index in [4.69, 9.17) is 17.3 Å². The molecule has 8 heteroatoms. The molecular weight excluding hydrogens is 388 g/mol. The highest BCUT2D eigenvalue weighted by molar-refractivity contribution is 6.29. The quantitative estimate of drug-likeness (QED) is 0.642. The molecule has 1 aromatic carbocycles. The number of piperazine rings is 1. The Hall–Kier alpha value is -3.06. The van der Waals surface area contributed by atoms with E-state index in [9.17, 15) is 5.11 Å². The van der Waals surface area contributed by atoms with Gasteiger partial charge in [0.15, 0.2) is 0 Å². The molecule has 2 unspecified atom stereocenters. The van der Waals surface area contributed by atoms with Gasteiger partial charge in [-0.05, 0) is 30.5 Å². The number of phenolic OH excluding ortho intramolecular Hbond substituents is 1. The number of nitrogens with zero attached hydrogens (tertiary/aromatic N) is 5. The van der Waals surface area contributed by atoms with Crippen molar-refractivity contribution < 1.29 is 5.11 Å². The van der Waals surface area contributed by atoms with Gasteiger partial charge in [0.2, 0.25) is 5.95 Å². The summed E-state index contributed by atoms with van der Waals surface area (Å²) in [6, 6.07) is 9.56. The number of aromatic hydroxyl groups is 1. The van der Waals surface area contributed by atoms with Crippen molar-refractivity contribution in [3.63, 3.8) is 0 Å². The van der Waals surface area contributed by atoms with Crippen LogP contribution in [0.5, 0.6) is 5.75 Å². The van der Waals surface area contributed by atoms with Crippen molar-refractivity contribution in [2.75, 3.05) is 28.6 Å². The van der Waals surface area contributed by atoms with Crippen LogP contribution in [0.2, 0.25) is 5.15 Å². The molecule has 4 heterocycles. The lowest BCUT2D eigenvalue weighted by Crippen LogP contribution is -2.54. The molecule has 148 valence electrons. The van der Waals surface area contributed by atoms with Gasteiger partial charge in [-0.1, -0.05) is 23.7 Å². The fourth-order valence-electron chi connectivity index (χ4n) is 4.39. The minimum Gasteiger partial charge on any atom is -0.508 e. The van der Waals surface area contributed by atoms with E-state index < -0.39 is 0 Å². The van der Waals surface area contributed by atoms with Crippen LogP contribution in [0.1, 0.15) is 12.8 Å². The van der Waals surface area contributed by atoms with E-state index in [2.05, 4.69) is 24.8 Å². The average molecular weight is 409 g/mol. The van der Waals surface area contributed by atoms with Gasteiger partial charge in [0.25, 0.3) is 0 Å². The number of fused-ring (bicyclic) bond motifs is 2. The third kappa shape index (κ3) is 3.31. The molecule has 29 heavy (non-hydrogen) atoms. The fraction of sp³-hybridized carbons (Fsp3) is 0.286. The Morgan fingerprint density at radius 1 is 0.931 bits per heavy atom. The molecule has 2 aliphatic rings. The number of hydrogen-bond acceptors (Lipinski definition) is 7. The van der Waals surface area contributed by atoms with Crippen LogP contribution in [0.4, 0.5) is 17.3 Å². The number of nitrogens with two attached hydrogens (primary N) is 1. The van der Waals surface area contributed by atoms with Crippen molar-refractivity contribution in [1.29, 1.82) is 0 Å². The highest BCUT2D eigenvalue weighted by Gasteiger charge is 2.41. The topological polar surface area (TPSA) is 91.4 Å². The summed E-state index contributed by atoms with van der Waals surface area (Å²) in [5.41, 5.74) is 9.65.